The van der Waals surface area contributed by atoms with Crippen molar-refractivity contribution in [1.29, 1.82) is 0 Å². The smallest absolute Gasteiger partial charge is 0.337 e. The van der Waals surface area contributed by atoms with Gasteiger partial charge in [-0.1, -0.05) is 17.7 Å². The number of carboxylic acid groups (broad SMARTS) is 1. The van der Waals surface area contributed by atoms with Crippen molar-refractivity contribution in [2.45, 2.75) is 0 Å². The molecule has 1 aromatic heterocycles. The van der Waals surface area contributed by atoms with Crippen LogP contribution in [0.15, 0.2) is 68.9 Å². The Hall–Kier alpha value is -3.36. The number of hydrogen-bond donors (Lipinski definition) is 2. The topological polar surface area (TPSA) is 91.9 Å². The van der Waals surface area contributed by atoms with E-state index in [9.17, 15) is 14.0 Å². The van der Waals surface area contributed by atoms with E-state index in [4.69, 9.17) is 21.1 Å². The number of carbonyl (C=O) groups is 2. The number of aliphatic imine (C=N–C) groups is 1. The third-order valence-corrected chi connectivity index (χ3v) is 5.31. The van der Waals surface area contributed by atoms with Crippen LogP contribution in [-0.4, -0.2) is 22.2 Å². The highest BCUT2D eigenvalue weighted by Crippen LogP contribution is 2.31. The van der Waals surface area contributed by atoms with Crippen LogP contribution in [0, 0.1) is 5.82 Å². The van der Waals surface area contributed by atoms with Gasteiger partial charge in [0.1, 0.15) is 17.3 Å². The number of benzene rings is 2. The zero-order valence-electron chi connectivity index (χ0n) is 15.1. The van der Waals surface area contributed by atoms with E-state index in [-0.39, 0.29) is 22.3 Å². The van der Waals surface area contributed by atoms with Crippen LogP contribution in [0.3, 0.4) is 0 Å². The molecule has 9 heteroatoms. The monoisotopic (exact) mass is 442 g/mol. The van der Waals surface area contributed by atoms with Gasteiger partial charge in [-0.15, -0.1) is 0 Å². The average Bonchev–Trinajstić information content (AvgIpc) is 3.30. The summed E-state index contributed by atoms with van der Waals surface area (Å²) in [4.78, 5) is 27.9. The summed E-state index contributed by atoms with van der Waals surface area (Å²) in [7, 11) is 0. The molecule has 3 aromatic rings. The fourth-order valence-electron chi connectivity index (χ4n) is 2.67. The number of hydrogen-bond acceptors (Lipinski definition) is 5. The maximum atomic E-state index is 13.0. The number of thioether (sulfide) groups is 1. The number of nitrogens with one attached hydrogen (secondary N) is 1. The van der Waals surface area contributed by atoms with Crippen molar-refractivity contribution in [2.24, 2.45) is 4.99 Å². The zero-order chi connectivity index (χ0) is 21.3. The number of amides is 1. The van der Waals surface area contributed by atoms with Crippen LogP contribution < -0.4 is 5.32 Å². The van der Waals surface area contributed by atoms with Crippen LogP contribution in [0.1, 0.15) is 16.1 Å². The van der Waals surface area contributed by atoms with E-state index in [1.807, 2.05) is 0 Å². The molecule has 0 spiro atoms. The van der Waals surface area contributed by atoms with Crippen molar-refractivity contribution in [3.8, 4) is 11.3 Å². The van der Waals surface area contributed by atoms with E-state index in [0.29, 0.717) is 32.8 Å². The van der Waals surface area contributed by atoms with Crippen molar-refractivity contribution in [1.82, 2.24) is 5.32 Å². The molecule has 0 unspecified atom stereocenters. The number of halogens is 2. The maximum Gasteiger partial charge on any atom is 0.337 e. The molecule has 1 fully saturated rings. The van der Waals surface area contributed by atoms with Crippen LogP contribution in [0.25, 0.3) is 17.4 Å². The normalized spacial score (nSPS) is 16.3. The van der Waals surface area contributed by atoms with Crippen molar-refractivity contribution < 1.29 is 23.5 Å². The summed E-state index contributed by atoms with van der Waals surface area (Å²) in [5.74, 6) is -0.893. The van der Waals surface area contributed by atoms with Crippen molar-refractivity contribution >= 4 is 52.2 Å². The Morgan fingerprint density at radius 2 is 1.93 bits per heavy atom. The van der Waals surface area contributed by atoms with E-state index in [1.165, 1.54) is 36.4 Å². The number of nitrogens with zero attached hydrogens (tertiary/aromatic N) is 1. The molecule has 30 heavy (non-hydrogen) atoms. The number of amidine groups is 1. The first kappa shape index (κ1) is 19.9. The molecule has 1 aliphatic heterocycles. The lowest BCUT2D eigenvalue weighted by molar-refractivity contribution is -0.115. The summed E-state index contributed by atoms with van der Waals surface area (Å²) in [6.07, 6.45) is 1.57. The molecule has 1 saturated heterocycles. The average molecular weight is 443 g/mol. The predicted octanol–water partition coefficient (Wildman–Crippen LogP) is 5.33. The standard InChI is InChI=1S/C21H12ClFN2O4S/c22-16-9-11(1-7-15(16)20(27)28)17-8-6-14(29-17)10-18-19(26)25-21(30-18)24-13-4-2-12(23)3-5-13/h1-10H,(H,27,28)(H,24,25,26)/b18-10-. The number of furan rings is 1. The van der Waals surface area contributed by atoms with Gasteiger partial charge in [0, 0.05) is 11.6 Å². The number of aromatic carboxylic acids is 1. The molecule has 0 aliphatic carbocycles. The Morgan fingerprint density at radius 3 is 2.63 bits per heavy atom. The van der Waals surface area contributed by atoms with Crippen molar-refractivity contribution in [3.63, 3.8) is 0 Å². The van der Waals surface area contributed by atoms with Crippen molar-refractivity contribution in [3.05, 3.63) is 81.7 Å². The molecular formula is C21H12ClFN2O4S. The van der Waals surface area contributed by atoms with Crippen LogP contribution in [-0.2, 0) is 4.79 Å². The summed E-state index contributed by atoms with van der Waals surface area (Å²) in [5, 5.41) is 12.2. The summed E-state index contributed by atoms with van der Waals surface area (Å²) >= 11 is 7.14. The lowest BCUT2D eigenvalue weighted by Gasteiger charge is -2.01. The van der Waals surface area contributed by atoms with Crippen LogP contribution in [0.4, 0.5) is 10.1 Å². The van der Waals surface area contributed by atoms with E-state index < -0.39 is 5.97 Å². The predicted molar refractivity (Wildman–Crippen MR) is 113 cm³/mol. The van der Waals surface area contributed by atoms with Gasteiger partial charge in [-0.05, 0) is 60.3 Å². The quantitative estimate of drug-likeness (QED) is 0.533. The van der Waals surface area contributed by atoms with Crippen LogP contribution in [0.2, 0.25) is 5.02 Å². The van der Waals surface area contributed by atoms with Gasteiger partial charge >= 0.3 is 5.97 Å². The molecule has 0 atom stereocenters. The van der Waals surface area contributed by atoms with E-state index in [0.717, 1.165) is 11.8 Å². The van der Waals surface area contributed by atoms with E-state index in [2.05, 4.69) is 10.3 Å². The molecule has 1 aliphatic rings. The van der Waals surface area contributed by atoms with Gasteiger partial charge in [-0.2, -0.15) is 0 Å². The minimum atomic E-state index is -1.11. The Bertz CT molecular complexity index is 1220. The highest BCUT2D eigenvalue weighted by atomic mass is 35.5. The fraction of sp³-hybridized carbons (Fsp3) is 0. The number of carbonyl (C=O) groups excluding carboxylic acids is 1. The van der Waals surface area contributed by atoms with Gasteiger partial charge in [-0.3, -0.25) is 4.79 Å². The largest absolute Gasteiger partial charge is 0.478 e. The van der Waals surface area contributed by atoms with Crippen LogP contribution >= 0.6 is 23.4 Å². The summed E-state index contributed by atoms with van der Waals surface area (Å²) in [6, 6.07) is 13.5. The van der Waals surface area contributed by atoms with Gasteiger partial charge in [0.05, 0.1) is 21.2 Å². The lowest BCUT2D eigenvalue weighted by atomic mass is 10.1. The maximum absolute atomic E-state index is 13.0. The van der Waals surface area contributed by atoms with Gasteiger partial charge < -0.3 is 14.8 Å². The van der Waals surface area contributed by atoms with Gasteiger partial charge in [-0.25, -0.2) is 14.2 Å². The summed E-state index contributed by atoms with van der Waals surface area (Å²) < 4.78 is 18.7. The number of carboxylic acids is 1. The zero-order valence-corrected chi connectivity index (χ0v) is 16.6. The minimum absolute atomic E-state index is 0.00121. The van der Waals surface area contributed by atoms with Gasteiger partial charge in [0.2, 0.25) is 0 Å². The second-order valence-corrected chi connectivity index (χ2v) is 7.60. The highest BCUT2D eigenvalue weighted by molar-refractivity contribution is 8.18. The molecule has 0 radical (unpaired) electrons. The molecule has 2 N–H and O–H groups in total. The molecule has 2 heterocycles. The molecule has 0 bridgehead atoms. The Labute approximate surface area is 179 Å². The Balaban J connectivity index is 1.54. The third kappa shape index (κ3) is 4.29. The molecule has 150 valence electrons. The van der Waals surface area contributed by atoms with Crippen LogP contribution in [0.5, 0.6) is 0 Å². The highest BCUT2D eigenvalue weighted by Gasteiger charge is 2.24. The SMILES string of the molecule is O=C1NC(=Nc2ccc(F)cc2)S/C1=C\c1ccc(-c2ccc(C(=O)O)c(Cl)c2)o1. The summed E-state index contributed by atoms with van der Waals surface area (Å²) in [5.41, 5.74) is 1.13. The molecular weight excluding hydrogens is 431 g/mol. The molecule has 2 aromatic carbocycles. The minimum Gasteiger partial charge on any atom is -0.478 e. The van der Waals surface area contributed by atoms with Crippen molar-refractivity contribution in [2.75, 3.05) is 0 Å². The first-order valence-electron chi connectivity index (χ1n) is 8.57. The third-order valence-electron chi connectivity index (χ3n) is 4.09. The lowest BCUT2D eigenvalue weighted by Crippen LogP contribution is -2.19. The Kier molecular flexibility index (Phi) is 5.43. The molecule has 0 saturated carbocycles. The second-order valence-electron chi connectivity index (χ2n) is 6.16. The van der Waals surface area contributed by atoms with Gasteiger partial charge in [0.25, 0.3) is 5.91 Å². The molecule has 1 amide bonds. The number of rotatable bonds is 4. The van der Waals surface area contributed by atoms with E-state index >= 15 is 0 Å². The van der Waals surface area contributed by atoms with E-state index in [1.54, 1.807) is 24.3 Å². The molecule has 6 nitrogen and oxygen atoms in total. The first-order chi connectivity index (χ1) is 14.4. The van der Waals surface area contributed by atoms with Gasteiger partial charge in [0.15, 0.2) is 5.17 Å². The molecule has 4 rings (SSSR count). The Morgan fingerprint density at radius 1 is 1.17 bits per heavy atom. The first-order valence-corrected chi connectivity index (χ1v) is 9.77. The summed E-state index contributed by atoms with van der Waals surface area (Å²) in [6.45, 7) is 0. The fourth-order valence-corrected chi connectivity index (χ4v) is 3.75. The second kappa shape index (κ2) is 8.17.